The number of ketones is 1. The average Bonchev–Trinajstić information content (AvgIpc) is 2.55. The van der Waals surface area contributed by atoms with Gasteiger partial charge in [-0.3, -0.25) is 4.79 Å². The van der Waals surface area contributed by atoms with Gasteiger partial charge in [0.25, 0.3) is 10.0 Å². The lowest BCUT2D eigenvalue weighted by Crippen LogP contribution is -2.17. The second-order valence-corrected chi connectivity index (χ2v) is 7.35. The number of hydrogen-bond donors (Lipinski definition) is 0. The first-order chi connectivity index (χ1) is 12.2. The van der Waals surface area contributed by atoms with E-state index in [0.29, 0.717) is 16.9 Å². The van der Waals surface area contributed by atoms with E-state index in [1.165, 1.54) is 25.1 Å². The van der Waals surface area contributed by atoms with Crippen LogP contribution in [-0.2, 0) is 14.8 Å². The van der Waals surface area contributed by atoms with E-state index >= 15 is 0 Å². The van der Waals surface area contributed by atoms with Crippen molar-refractivity contribution in [2.24, 2.45) is 14.5 Å². The van der Waals surface area contributed by atoms with Gasteiger partial charge in [-0.15, -0.1) is 4.40 Å². The lowest BCUT2D eigenvalue weighted by Gasteiger charge is -2.15. The molecule has 2 rings (SSSR count). The molecule has 8 nitrogen and oxygen atoms in total. The van der Waals surface area contributed by atoms with Gasteiger partial charge >= 0.3 is 0 Å². The highest BCUT2D eigenvalue weighted by molar-refractivity contribution is 7.90. The van der Waals surface area contributed by atoms with Gasteiger partial charge in [0, 0.05) is 4.91 Å². The second kappa shape index (κ2) is 7.47. The summed E-state index contributed by atoms with van der Waals surface area (Å²) in [4.78, 5) is 18.8. The molecular weight excluding hydrogens is 354 g/mol. The Morgan fingerprint density at radius 2 is 1.73 bits per heavy atom. The molecule has 0 spiro atoms. The Hall–Kier alpha value is -3.03. The van der Waals surface area contributed by atoms with Gasteiger partial charge in [0.2, 0.25) is 0 Å². The molecule has 26 heavy (non-hydrogen) atoms. The SMILES string of the molecule is CC1=CC(=O)C(N=[N+]=[N-])=C(C)C1=N/C(C)=N\S(=O)(=O)c1ccc(C)cc1. The molecule has 0 aromatic heterocycles. The van der Waals surface area contributed by atoms with Crippen molar-refractivity contribution in [3.8, 4) is 0 Å². The zero-order chi connectivity index (χ0) is 19.5. The van der Waals surface area contributed by atoms with Gasteiger partial charge < -0.3 is 0 Å². The standard InChI is InChI=1S/C17H17N5O3S/c1-10-5-7-14(8-6-10)26(24,25)21-13(4)19-16-11(2)9-15(23)17(12(16)3)20-22-18/h5-9H,1-4H3/b19-16?,21-13-. The molecule has 1 aliphatic carbocycles. The molecule has 0 atom stereocenters. The van der Waals surface area contributed by atoms with Gasteiger partial charge in [0.1, 0.15) is 5.84 Å². The van der Waals surface area contributed by atoms with E-state index in [0.717, 1.165) is 5.56 Å². The topological polar surface area (TPSA) is 125 Å². The number of aryl methyl sites for hydroxylation is 1. The summed E-state index contributed by atoms with van der Waals surface area (Å²) in [5.74, 6) is -0.416. The minimum Gasteiger partial charge on any atom is -0.289 e. The fourth-order valence-corrected chi connectivity index (χ4v) is 3.36. The predicted molar refractivity (Wildman–Crippen MR) is 99.5 cm³/mol. The van der Waals surface area contributed by atoms with Gasteiger partial charge in [-0.05, 0) is 62.6 Å². The summed E-state index contributed by atoms with van der Waals surface area (Å²) in [6, 6.07) is 6.32. The van der Waals surface area contributed by atoms with Crippen LogP contribution in [-0.4, -0.2) is 25.7 Å². The van der Waals surface area contributed by atoms with Crippen molar-refractivity contribution in [3.05, 3.63) is 63.2 Å². The van der Waals surface area contributed by atoms with Crippen LogP contribution in [0.1, 0.15) is 26.3 Å². The van der Waals surface area contributed by atoms with Crippen molar-refractivity contribution < 1.29 is 13.2 Å². The number of benzene rings is 1. The van der Waals surface area contributed by atoms with E-state index in [1.54, 1.807) is 26.0 Å². The minimum atomic E-state index is -3.90. The molecule has 0 saturated heterocycles. The van der Waals surface area contributed by atoms with Crippen LogP contribution >= 0.6 is 0 Å². The zero-order valence-electron chi connectivity index (χ0n) is 14.8. The molecule has 9 heteroatoms. The van der Waals surface area contributed by atoms with Crippen LogP contribution in [0.2, 0.25) is 0 Å². The smallest absolute Gasteiger partial charge is 0.283 e. The summed E-state index contributed by atoms with van der Waals surface area (Å²) >= 11 is 0. The number of hydrogen-bond acceptors (Lipinski definition) is 4. The molecule has 1 aliphatic rings. The van der Waals surface area contributed by atoms with Crippen LogP contribution in [0.3, 0.4) is 0 Å². The minimum absolute atomic E-state index is 0.00214. The molecule has 0 N–H and O–H groups in total. The van der Waals surface area contributed by atoms with Crippen molar-refractivity contribution >= 4 is 27.4 Å². The third-order valence-corrected chi connectivity index (χ3v) is 5.03. The Labute approximate surface area is 151 Å². The Balaban J connectivity index is 2.48. The normalized spacial score (nSPS) is 17.2. The molecule has 0 saturated carbocycles. The Kier molecular flexibility index (Phi) is 5.54. The van der Waals surface area contributed by atoms with Gasteiger partial charge in [-0.2, -0.15) is 8.42 Å². The van der Waals surface area contributed by atoms with Gasteiger partial charge in [-0.25, -0.2) is 4.99 Å². The lowest BCUT2D eigenvalue weighted by atomic mass is 9.94. The van der Waals surface area contributed by atoms with Crippen LogP contribution in [0, 0.1) is 6.92 Å². The van der Waals surface area contributed by atoms with Crippen LogP contribution < -0.4 is 0 Å². The zero-order valence-corrected chi connectivity index (χ0v) is 15.6. The fourth-order valence-electron chi connectivity index (χ4n) is 2.39. The number of rotatable bonds is 3. The van der Waals surface area contributed by atoms with Crippen LogP contribution in [0.15, 0.2) is 66.6 Å². The molecule has 0 radical (unpaired) electrons. The second-order valence-electron chi connectivity index (χ2n) is 5.74. The monoisotopic (exact) mass is 371 g/mol. The van der Waals surface area contributed by atoms with Crippen molar-refractivity contribution in [1.29, 1.82) is 0 Å². The molecule has 0 amide bonds. The van der Waals surface area contributed by atoms with E-state index in [9.17, 15) is 13.2 Å². The van der Waals surface area contributed by atoms with Crippen LogP contribution in [0.25, 0.3) is 10.4 Å². The van der Waals surface area contributed by atoms with Crippen molar-refractivity contribution in [2.75, 3.05) is 0 Å². The third-order valence-electron chi connectivity index (χ3n) is 3.65. The quantitative estimate of drug-likeness (QED) is 0.201. The number of carbonyl (C=O) groups excluding carboxylic acids is 1. The first kappa shape index (κ1) is 19.3. The third kappa shape index (κ3) is 4.14. The van der Waals surface area contributed by atoms with E-state index < -0.39 is 15.8 Å². The van der Waals surface area contributed by atoms with Gasteiger partial charge in [0.05, 0.1) is 16.3 Å². The molecule has 0 heterocycles. The number of nitrogens with zero attached hydrogens (tertiary/aromatic N) is 5. The summed E-state index contributed by atoms with van der Waals surface area (Å²) in [5, 5.41) is 3.40. The highest BCUT2D eigenvalue weighted by Crippen LogP contribution is 2.22. The molecule has 0 unspecified atom stereocenters. The van der Waals surface area contributed by atoms with E-state index in [2.05, 4.69) is 19.4 Å². The maximum atomic E-state index is 12.4. The summed E-state index contributed by atoms with van der Waals surface area (Å²) in [7, 11) is -3.90. The first-order valence-electron chi connectivity index (χ1n) is 7.62. The fraction of sp³-hybridized carbons (Fsp3) is 0.235. The van der Waals surface area contributed by atoms with E-state index in [4.69, 9.17) is 5.53 Å². The molecule has 134 valence electrons. The molecule has 0 aliphatic heterocycles. The Morgan fingerprint density at radius 3 is 2.31 bits per heavy atom. The maximum Gasteiger partial charge on any atom is 0.283 e. The van der Waals surface area contributed by atoms with Crippen LogP contribution in [0.5, 0.6) is 0 Å². The number of allylic oxidation sites excluding steroid dienone is 3. The van der Waals surface area contributed by atoms with Crippen molar-refractivity contribution in [2.45, 2.75) is 32.6 Å². The van der Waals surface area contributed by atoms with E-state index in [1.807, 2.05) is 6.92 Å². The number of carbonyl (C=O) groups is 1. The highest BCUT2D eigenvalue weighted by atomic mass is 32.2. The van der Waals surface area contributed by atoms with Gasteiger partial charge in [-0.1, -0.05) is 22.8 Å². The molecule has 1 aromatic carbocycles. The van der Waals surface area contributed by atoms with Crippen LogP contribution in [0.4, 0.5) is 0 Å². The summed E-state index contributed by atoms with van der Waals surface area (Å²) < 4.78 is 28.5. The van der Waals surface area contributed by atoms with Crippen molar-refractivity contribution in [1.82, 2.24) is 0 Å². The maximum absolute atomic E-state index is 12.4. The van der Waals surface area contributed by atoms with E-state index in [-0.39, 0.29) is 16.4 Å². The molecule has 1 aromatic rings. The summed E-state index contributed by atoms with van der Waals surface area (Å²) in [6.45, 7) is 6.55. The number of sulfonamides is 1. The Bertz CT molecular complexity index is 1040. The summed E-state index contributed by atoms with van der Waals surface area (Å²) in [6.07, 6.45) is 1.29. The largest absolute Gasteiger partial charge is 0.289 e. The predicted octanol–water partition coefficient (Wildman–Crippen LogP) is 3.66. The summed E-state index contributed by atoms with van der Waals surface area (Å²) in [5.41, 5.74) is 10.7. The number of amidine groups is 1. The lowest BCUT2D eigenvalue weighted by molar-refractivity contribution is -0.111. The van der Waals surface area contributed by atoms with Gasteiger partial charge in [0.15, 0.2) is 5.78 Å². The number of azide groups is 1. The number of aliphatic imine (C=N–C) groups is 1. The molecule has 0 bridgehead atoms. The highest BCUT2D eigenvalue weighted by Gasteiger charge is 2.21. The molecule has 0 fully saturated rings. The first-order valence-corrected chi connectivity index (χ1v) is 9.06. The Morgan fingerprint density at radius 1 is 1.12 bits per heavy atom. The average molecular weight is 371 g/mol. The van der Waals surface area contributed by atoms with Crippen molar-refractivity contribution in [3.63, 3.8) is 0 Å². The molecular formula is C17H17N5O3S.